The third-order valence-corrected chi connectivity index (χ3v) is 5.04. The molecular formula is C21H19F3N4O2. The lowest BCUT2D eigenvalue weighted by Crippen LogP contribution is -2.29. The molecule has 0 bridgehead atoms. The molecule has 1 aliphatic carbocycles. The third-order valence-electron chi connectivity index (χ3n) is 5.04. The van der Waals surface area contributed by atoms with Crippen LogP contribution in [-0.4, -0.2) is 23.6 Å². The Morgan fingerprint density at radius 1 is 1.07 bits per heavy atom. The molecule has 0 saturated heterocycles. The molecule has 1 aromatic heterocycles. The summed E-state index contributed by atoms with van der Waals surface area (Å²) in [5.41, 5.74) is 4.65. The number of hydrogen-bond acceptors (Lipinski definition) is 4. The number of halogens is 3. The van der Waals surface area contributed by atoms with E-state index in [4.69, 9.17) is 5.73 Å². The number of carbonyl (C=O) groups is 1. The molecule has 4 N–H and O–H groups in total. The fraction of sp³-hybridized carbons (Fsp3) is 0.238. The SMILES string of the molecule is Nc1c(F)c(NCCNC(=O)c2ccc(F)cc2)c(F)c2c1c(=O)ccn2C1CC1. The van der Waals surface area contributed by atoms with Crippen LogP contribution in [0.1, 0.15) is 29.2 Å². The summed E-state index contributed by atoms with van der Waals surface area (Å²) in [6.07, 6.45) is 3.18. The van der Waals surface area contributed by atoms with Gasteiger partial charge in [-0.2, -0.15) is 0 Å². The molecule has 0 atom stereocenters. The van der Waals surface area contributed by atoms with E-state index in [1.165, 1.54) is 24.4 Å². The van der Waals surface area contributed by atoms with E-state index in [1.807, 2.05) is 0 Å². The maximum Gasteiger partial charge on any atom is 0.251 e. The van der Waals surface area contributed by atoms with Gasteiger partial charge in [-0.15, -0.1) is 0 Å². The number of anilines is 2. The number of hydrogen-bond donors (Lipinski definition) is 3. The van der Waals surface area contributed by atoms with Crippen LogP contribution in [0.4, 0.5) is 24.5 Å². The van der Waals surface area contributed by atoms with Gasteiger partial charge in [0.2, 0.25) is 0 Å². The molecule has 2 aromatic carbocycles. The number of nitrogens with two attached hydrogens (primary N) is 1. The van der Waals surface area contributed by atoms with Crippen molar-refractivity contribution in [2.75, 3.05) is 24.1 Å². The van der Waals surface area contributed by atoms with Crippen molar-refractivity contribution >= 4 is 28.2 Å². The first-order chi connectivity index (χ1) is 14.4. The van der Waals surface area contributed by atoms with E-state index in [2.05, 4.69) is 10.6 Å². The zero-order chi connectivity index (χ0) is 21.4. The van der Waals surface area contributed by atoms with E-state index < -0.39 is 40.2 Å². The van der Waals surface area contributed by atoms with Crippen LogP contribution >= 0.6 is 0 Å². The molecule has 0 aliphatic heterocycles. The fourth-order valence-corrected chi connectivity index (χ4v) is 3.37. The van der Waals surface area contributed by atoms with E-state index in [0.29, 0.717) is 0 Å². The Kier molecular flexibility index (Phi) is 5.11. The summed E-state index contributed by atoms with van der Waals surface area (Å²) in [6.45, 7) is 0.0590. The Morgan fingerprint density at radius 2 is 1.77 bits per heavy atom. The standard InChI is InChI=1S/C21H19F3N4O2/c22-12-3-1-11(2-4-12)21(30)27-9-8-26-19-16(23)18(25)15-14(29)7-10-28(13-5-6-13)20(15)17(19)24/h1-4,7,10,13,26H,5-6,8-9,25H2,(H,27,30). The quantitative estimate of drug-likeness (QED) is 0.425. The van der Waals surface area contributed by atoms with Crippen LogP contribution in [0.5, 0.6) is 0 Å². The Bertz CT molecular complexity index is 1190. The van der Waals surface area contributed by atoms with E-state index in [0.717, 1.165) is 25.0 Å². The molecule has 1 fully saturated rings. The van der Waals surface area contributed by atoms with Crippen molar-refractivity contribution in [2.45, 2.75) is 18.9 Å². The van der Waals surface area contributed by atoms with Crippen LogP contribution in [0.2, 0.25) is 0 Å². The van der Waals surface area contributed by atoms with E-state index >= 15 is 4.39 Å². The predicted octanol–water partition coefficient (Wildman–Crippen LogP) is 3.18. The van der Waals surface area contributed by atoms with Crippen LogP contribution in [-0.2, 0) is 0 Å². The van der Waals surface area contributed by atoms with Gasteiger partial charge >= 0.3 is 0 Å². The smallest absolute Gasteiger partial charge is 0.251 e. The Hall–Kier alpha value is -3.49. The zero-order valence-electron chi connectivity index (χ0n) is 15.8. The van der Waals surface area contributed by atoms with Crippen molar-refractivity contribution < 1.29 is 18.0 Å². The number of nitrogens with one attached hydrogen (secondary N) is 2. The highest BCUT2D eigenvalue weighted by Gasteiger charge is 2.29. The van der Waals surface area contributed by atoms with Crippen molar-refractivity contribution in [3.05, 3.63) is 69.8 Å². The van der Waals surface area contributed by atoms with Gasteiger partial charge < -0.3 is 20.9 Å². The molecule has 1 aliphatic rings. The number of benzene rings is 2. The Balaban J connectivity index is 1.54. The van der Waals surface area contributed by atoms with E-state index in [9.17, 15) is 18.4 Å². The van der Waals surface area contributed by atoms with Crippen molar-refractivity contribution in [1.29, 1.82) is 0 Å². The van der Waals surface area contributed by atoms with Crippen molar-refractivity contribution in [2.24, 2.45) is 0 Å². The van der Waals surface area contributed by atoms with Crippen molar-refractivity contribution in [1.82, 2.24) is 9.88 Å². The first-order valence-electron chi connectivity index (χ1n) is 9.47. The number of pyridine rings is 1. The summed E-state index contributed by atoms with van der Waals surface area (Å²) in [5, 5.41) is 5.02. The van der Waals surface area contributed by atoms with Gasteiger partial charge in [-0.3, -0.25) is 9.59 Å². The minimum absolute atomic E-state index is 0.00617. The molecule has 1 saturated carbocycles. The molecule has 30 heavy (non-hydrogen) atoms. The maximum absolute atomic E-state index is 15.2. The number of nitrogens with zero attached hydrogens (tertiary/aromatic N) is 1. The summed E-state index contributed by atoms with van der Waals surface area (Å²) in [7, 11) is 0. The third kappa shape index (κ3) is 3.58. The second kappa shape index (κ2) is 7.74. The summed E-state index contributed by atoms with van der Waals surface area (Å²) >= 11 is 0. The summed E-state index contributed by atoms with van der Waals surface area (Å²) < 4.78 is 44.4. The van der Waals surface area contributed by atoms with E-state index in [-0.39, 0.29) is 35.6 Å². The minimum Gasteiger partial charge on any atom is -0.396 e. The molecule has 156 valence electrons. The molecule has 1 amide bonds. The van der Waals surface area contributed by atoms with Gasteiger partial charge in [0.1, 0.15) is 11.5 Å². The maximum atomic E-state index is 15.2. The second-order valence-electron chi connectivity index (χ2n) is 7.15. The monoisotopic (exact) mass is 416 g/mol. The van der Waals surface area contributed by atoms with Crippen LogP contribution in [0, 0.1) is 17.5 Å². The first-order valence-corrected chi connectivity index (χ1v) is 9.47. The fourth-order valence-electron chi connectivity index (χ4n) is 3.37. The second-order valence-corrected chi connectivity index (χ2v) is 7.15. The molecule has 1 heterocycles. The highest BCUT2D eigenvalue weighted by atomic mass is 19.1. The number of fused-ring (bicyclic) bond motifs is 1. The lowest BCUT2D eigenvalue weighted by atomic mass is 10.1. The largest absolute Gasteiger partial charge is 0.396 e. The van der Waals surface area contributed by atoms with Gasteiger partial charge in [0, 0.05) is 37.0 Å². The average Bonchev–Trinajstić information content (AvgIpc) is 3.57. The van der Waals surface area contributed by atoms with Gasteiger partial charge in [-0.1, -0.05) is 0 Å². The average molecular weight is 416 g/mol. The molecule has 9 heteroatoms. The van der Waals surface area contributed by atoms with Crippen molar-refractivity contribution in [3.63, 3.8) is 0 Å². The number of carbonyl (C=O) groups excluding carboxylic acids is 1. The van der Waals surface area contributed by atoms with Gasteiger partial charge in [0.05, 0.1) is 16.6 Å². The normalized spacial score (nSPS) is 13.4. The lowest BCUT2D eigenvalue weighted by molar-refractivity contribution is 0.0955. The van der Waals surface area contributed by atoms with Crippen LogP contribution in [0.3, 0.4) is 0 Å². The molecule has 4 rings (SSSR count). The van der Waals surface area contributed by atoms with Crippen LogP contribution in [0.15, 0.2) is 41.3 Å². The lowest BCUT2D eigenvalue weighted by Gasteiger charge is -2.17. The van der Waals surface area contributed by atoms with Crippen LogP contribution in [0.25, 0.3) is 10.9 Å². The Labute approximate surface area is 169 Å². The highest BCUT2D eigenvalue weighted by molar-refractivity contribution is 5.95. The molecule has 0 unspecified atom stereocenters. The molecule has 0 spiro atoms. The summed E-state index contributed by atoms with van der Waals surface area (Å²) in [4.78, 5) is 24.2. The van der Waals surface area contributed by atoms with Crippen LogP contribution < -0.4 is 21.8 Å². The van der Waals surface area contributed by atoms with Gasteiger partial charge in [-0.25, -0.2) is 13.2 Å². The topological polar surface area (TPSA) is 89.2 Å². The number of aromatic nitrogens is 1. The van der Waals surface area contributed by atoms with Gasteiger partial charge in [-0.05, 0) is 37.1 Å². The number of amides is 1. The molecule has 0 radical (unpaired) electrons. The van der Waals surface area contributed by atoms with Crippen molar-refractivity contribution in [3.8, 4) is 0 Å². The summed E-state index contributed by atoms with van der Waals surface area (Å²) in [6, 6.07) is 6.30. The first kappa shape index (κ1) is 19.8. The Morgan fingerprint density at radius 3 is 2.43 bits per heavy atom. The van der Waals surface area contributed by atoms with Gasteiger partial charge in [0.15, 0.2) is 17.1 Å². The minimum atomic E-state index is -1.05. The molecular weight excluding hydrogens is 397 g/mol. The molecule has 3 aromatic rings. The van der Waals surface area contributed by atoms with Gasteiger partial charge in [0.25, 0.3) is 5.91 Å². The molecule has 6 nitrogen and oxygen atoms in total. The number of nitrogen functional groups attached to an aromatic ring is 1. The summed E-state index contributed by atoms with van der Waals surface area (Å²) in [5.74, 6) is -2.85. The predicted molar refractivity (Wildman–Crippen MR) is 108 cm³/mol. The zero-order valence-corrected chi connectivity index (χ0v) is 15.8. The number of rotatable bonds is 6. The highest BCUT2D eigenvalue weighted by Crippen LogP contribution is 2.40. The van der Waals surface area contributed by atoms with E-state index in [1.54, 1.807) is 4.57 Å².